The fourth-order valence-electron chi connectivity index (χ4n) is 6.92. The van der Waals surface area contributed by atoms with Crippen LogP contribution in [0.15, 0.2) is 24.3 Å². The molecule has 6 rings (SSSR count). The van der Waals surface area contributed by atoms with Crippen LogP contribution in [0.25, 0.3) is 33.1 Å². The normalized spacial score (nSPS) is 19.7. The van der Waals surface area contributed by atoms with Gasteiger partial charge in [0.05, 0.1) is 30.1 Å². The molecule has 2 atom stereocenters. The number of rotatable bonds is 5. The van der Waals surface area contributed by atoms with Crippen molar-refractivity contribution in [1.29, 1.82) is 5.26 Å². The van der Waals surface area contributed by atoms with Crippen LogP contribution in [-0.4, -0.2) is 86.8 Å². The van der Waals surface area contributed by atoms with E-state index in [4.69, 9.17) is 21.3 Å². The Morgan fingerprint density at radius 2 is 1.96 bits per heavy atom. The number of likely N-dealkylation sites (tertiary alicyclic amines) is 1. The van der Waals surface area contributed by atoms with Crippen molar-refractivity contribution in [2.45, 2.75) is 84.0 Å². The van der Waals surface area contributed by atoms with E-state index in [1.54, 1.807) is 11.0 Å². The van der Waals surface area contributed by atoms with Gasteiger partial charge in [-0.2, -0.15) is 5.26 Å². The summed E-state index contributed by atoms with van der Waals surface area (Å²) in [4.78, 5) is 24.0. The summed E-state index contributed by atoms with van der Waals surface area (Å²) in [5, 5.41) is 20.2. The van der Waals surface area contributed by atoms with Crippen molar-refractivity contribution < 1.29 is 13.9 Å². The first-order valence-electron chi connectivity index (χ1n) is 16.1. The molecular formula is C35H42ClFN8O2. The Morgan fingerprint density at radius 3 is 2.62 bits per heavy atom. The van der Waals surface area contributed by atoms with Crippen LogP contribution >= 0.6 is 11.6 Å². The van der Waals surface area contributed by atoms with Gasteiger partial charge in [-0.15, -0.1) is 5.10 Å². The number of carbonyl (C=O) groups excluding carboxylic acids is 1. The smallest absolute Gasteiger partial charge is 0.410 e. The van der Waals surface area contributed by atoms with E-state index in [-0.39, 0.29) is 29.6 Å². The summed E-state index contributed by atoms with van der Waals surface area (Å²) < 4.78 is 24.5. The van der Waals surface area contributed by atoms with Gasteiger partial charge in [0.15, 0.2) is 17.2 Å². The average Bonchev–Trinajstić information content (AvgIpc) is 3.42. The molecule has 12 heteroatoms. The molecule has 10 nitrogen and oxygen atoms in total. The molecule has 0 saturated carbocycles. The molecule has 2 aliphatic heterocycles. The third kappa shape index (κ3) is 5.76. The number of anilines is 1. The van der Waals surface area contributed by atoms with E-state index in [1.165, 1.54) is 0 Å². The molecule has 0 spiro atoms. The van der Waals surface area contributed by atoms with Gasteiger partial charge < -0.3 is 19.4 Å². The molecule has 0 unspecified atom stereocenters. The van der Waals surface area contributed by atoms with Crippen molar-refractivity contribution in [1.82, 2.24) is 29.8 Å². The van der Waals surface area contributed by atoms with Crippen molar-refractivity contribution in [2.75, 3.05) is 38.6 Å². The number of ether oxygens (including phenoxy) is 1. The van der Waals surface area contributed by atoms with E-state index in [1.807, 2.05) is 57.5 Å². The molecule has 2 aromatic carbocycles. The minimum absolute atomic E-state index is 0.0627. The standard InChI is InChI=1S/C35H42ClFN8O2/c1-20-16-25-29(28(37)27(20)24-10-9-11-26(36)21(24)2)39-32(43-18-35(6,19-43)42(7)8)30-31(25)45(41-40-30)23-13-15-44(22(17-23)12-14-38)33(46)47-34(3,4)5/h9-11,16,22-23H,12-13,15,17-19H2,1-8H3/t22-,23+/m1/s1. The van der Waals surface area contributed by atoms with Crippen molar-refractivity contribution in [3.8, 4) is 17.2 Å². The molecule has 0 N–H and O–H groups in total. The van der Waals surface area contributed by atoms with Crippen molar-refractivity contribution in [3.05, 3.63) is 46.2 Å². The quantitative estimate of drug-likeness (QED) is 0.224. The number of carbonyl (C=O) groups is 1. The SMILES string of the molecule is Cc1cc2c(nc(N3CC(C)(N(C)C)C3)c3nnn([C@H]4CCN(C(=O)OC(C)(C)C)[C@H](CC#N)C4)c32)c(F)c1-c1cccc(Cl)c1C. The van der Waals surface area contributed by atoms with Crippen LogP contribution in [0, 0.1) is 31.0 Å². The highest BCUT2D eigenvalue weighted by Gasteiger charge is 2.43. The molecule has 2 aliphatic rings. The Kier molecular flexibility index (Phi) is 8.33. The number of aromatic nitrogens is 4. The number of benzene rings is 2. The Morgan fingerprint density at radius 1 is 1.23 bits per heavy atom. The number of nitriles is 1. The Labute approximate surface area is 280 Å². The highest BCUT2D eigenvalue weighted by atomic mass is 35.5. The molecular weight excluding hydrogens is 619 g/mol. The van der Waals surface area contributed by atoms with Gasteiger partial charge in [0.1, 0.15) is 16.6 Å². The molecule has 2 saturated heterocycles. The molecule has 1 amide bonds. The number of hydrogen-bond acceptors (Lipinski definition) is 8. The second-order valence-corrected chi connectivity index (χ2v) is 14.9. The molecule has 2 fully saturated rings. The van der Waals surface area contributed by atoms with Crippen molar-refractivity contribution in [3.63, 3.8) is 0 Å². The van der Waals surface area contributed by atoms with E-state index >= 15 is 4.39 Å². The second kappa shape index (κ2) is 11.9. The van der Waals surface area contributed by atoms with Crippen LogP contribution in [0.2, 0.25) is 5.02 Å². The molecule has 0 aliphatic carbocycles. The lowest BCUT2D eigenvalue weighted by Crippen LogP contribution is -2.67. The maximum Gasteiger partial charge on any atom is 0.410 e. The first-order chi connectivity index (χ1) is 22.1. The van der Waals surface area contributed by atoms with E-state index < -0.39 is 17.5 Å². The predicted octanol–water partition coefficient (Wildman–Crippen LogP) is 7.05. The first kappa shape index (κ1) is 32.9. The fourth-order valence-corrected chi connectivity index (χ4v) is 7.09. The maximum absolute atomic E-state index is 16.9. The number of aryl methyl sites for hydroxylation is 1. The van der Waals surface area contributed by atoms with Gasteiger partial charge in [0, 0.05) is 35.6 Å². The zero-order valence-electron chi connectivity index (χ0n) is 28.4. The lowest BCUT2D eigenvalue weighted by atomic mass is 9.90. The number of pyridine rings is 1. The summed E-state index contributed by atoms with van der Waals surface area (Å²) in [7, 11) is 4.11. The number of piperidine rings is 1. The van der Waals surface area contributed by atoms with Crippen LogP contribution < -0.4 is 4.90 Å². The minimum Gasteiger partial charge on any atom is -0.444 e. The monoisotopic (exact) mass is 660 g/mol. The van der Waals surface area contributed by atoms with E-state index in [2.05, 4.69) is 47.2 Å². The largest absolute Gasteiger partial charge is 0.444 e. The summed E-state index contributed by atoms with van der Waals surface area (Å²) in [6, 6.07) is 9.18. The lowest BCUT2D eigenvalue weighted by molar-refractivity contribution is 0.00557. The van der Waals surface area contributed by atoms with Crippen LogP contribution in [0.4, 0.5) is 15.0 Å². The van der Waals surface area contributed by atoms with E-state index in [0.29, 0.717) is 65.3 Å². The van der Waals surface area contributed by atoms with Crippen molar-refractivity contribution in [2.24, 2.45) is 0 Å². The highest BCUT2D eigenvalue weighted by molar-refractivity contribution is 6.31. The maximum atomic E-state index is 16.9. The molecule has 0 bridgehead atoms. The number of hydrogen-bond donors (Lipinski definition) is 0. The average molecular weight is 661 g/mol. The molecule has 0 radical (unpaired) electrons. The predicted molar refractivity (Wildman–Crippen MR) is 182 cm³/mol. The van der Waals surface area contributed by atoms with Gasteiger partial charge in [-0.3, -0.25) is 0 Å². The Hall–Kier alpha value is -4.01. The summed E-state index contributed by atoms with van der Waals surface area (Å²) in [5.74, 6) is 0.175. The van der Waals surface area contributed by atoms with Crippen LogP contribution in [-0.2, 0) is 4.74 Å². The van der Waals surface area contributed by atoms with Crippen LogP contribution in [0.5, 0.6) is 0 Å². The first-order valence-corrected chi connectivity index (χ1v) is 16.4. The fraction of sp³-hybridized carbons (Fsp3) is 0.514. The molecule has 4 aromatic rings. The van der Waals surface area contributed by atoms with Gasteiger partial charge in [-0.1, -0.05) is 28.9 Å². The van der Waals surface area contributed by atoms with Gasteiger partial charge in [0.25, 0.3) is 0 Å². The third-order valence-corrected chi connectivity index (χ3v) is 10.2. The van der Waals surface area contributed by atoms with Gasteiger partial charge in [-0.25, -0.2) is 18.9 Å². The number of nitrogens with zero attached hydrogens (tertiary/aromatic N) is 8. The Balaban J connectivity index is 1.51. The van der Waals surface area contributed by atoms with Crippen LogP contribution in [0.3, 0.4) is 0 Å². The second-order valence-electron chi connectivity index (χ2n) is 14.5. The molecule has 4 heterocycles. The van der Waals surface area contributed by atoms with E-state index in [0.717, 1.165) is 16.7 Å². The number of halogens is 2. The van der Waals surface area contributed by atoms with Crippen molar-refractivity contribution >= 4 is 45.4 Å². The highest BCUT2D eigenvalue weighted by Crippen LogP contribution is 2.42. The van der Waals surface area contributed by atoms with Gasteiger partial charge >= 0.3 is 6.09 Å². The number of fused-ring (bicyclic) bond motifs is 3. The zero-order valence-corrected chi connectivity index (χ0v) is 29.1. The van der Waals surface area contributed by atoms with E-state index in [9.17, 15) is 10.1 Å². The summed E-state index contributed by atoms with van der Waals surface area (Å²) in [6.07, 6.45) is 0.777. The van der Waals surface area contributed by atoms with Gasteiger partial charge in [0.2, 0.25) is 0 Å². The Bertz CT molecular complexity index is 1920. The third-order valence-electron chi connectivity index (χ3n) is 9.78. The molecule has 248 valence electrons. The molecule has 47 heavy (non-hydrogen) atoms. The topological polar surface area (TPSA) is 103 Å². The van der Waals surface area contributed by atoms with Crippen LogP contribution in [0.1, 0.15) is 64.1 Å². The van der Waals surface area contributed by atoms with Gasteiger partial charge in [-0.05, 0) is 97.3 Å². The summed E-state index contributed by atoms with van der Waals surface area (Å²) >= 11 is 6.48. The minimum atomic E-state index is -0.653. The lowest BCUT2D eigenvalue weighted by Gasteiger charge is -2.52. The summed E-state index contributed by atoms with van der Waals surface area (Å²) in [5.41, 5.74) is 3.57. The summed E-state index contributed by atoms with van der Waals surface area (Å²) in [6.45, 7) is 13.3. The molecule has 2 aromatic heterocycles. The number of likely N-dealkylation sites (N-methyl/N-ethyl adjacent to an activating group) is 1. The number of amides is 1. The zero-order chi connectivity index (χ0) is 34.0.